The van der Waals surface area contributed by atoms with Crippen molar-refractivity contribution in [3.8, 4) is 11.8 Å². The number of fused-ring (bicyclic) bond motifs is 1. The second-order valence-corrected chi connectivity index (χ2v) is 7.98. The molecule has 1 atom stereocenters. The summed E-state index contributed by atoms with van der Waals surface area (Å²) in [5, 5.41) is 14.0. The highest BCUT2D eigenvalue weighted by molar-refractivity contribution is 7.89. The fraction of sp³-hybridized carbons (Fsp3) is 0.316. The van der Waals surface area contributed by atoms with Crippen LogP contribution in [0, 0.1) is 11.3 Å². The van der Waals surface area contributed by atoms with E-state index in [1.165, 1.54) is 0 Å². The zero-order valence-electron chi connectivity index (χ0n) is 14.6. The second kappa shape index (κ2) is 7.36. The van der Waals surface area contributed by atoms with Crippen molar-refractivity contribution in [3.63, 3.8) is 0 Å². The van der Waals surface area contributed by atoms with Crippen LogP contribution in [0.2, 0.25) is 0 Å². The van der Waals surface area contributed by atoms with Gasteiger partial charge in [0.15, 0.2) is 0 Å². The number of sulfonamides is 1. The number of nitrogens with two attached hydrogens (primary N) is 1. The van der Waals surface area contributed by atoms with Crippen LogP contribution in [0.1, 0.15) is 24.5 Å². The summed E-state index contributed by atoms with van der Waals surface area (Å²) in [6.07, 6.45) is 1.63. The van der Waals surface area contributed by atoms with Crippen molar-refractivity contribution in [2.24, 2.45) is 5.14 Å². The topological polar surface area (TPSA) is 96.4 Å². The maximum Gasteiger partial charge on any atom is 0.238 e. The SMILES string of the molecule is C[C@H]1Cc2cc(S(N)(=O)=O)ccc2N1CCCOc1ccc(C#N)cc1. The third-order valence-corrected chi connectivity index (χ3v) is 5.44. The van der Waals surface area contributed by atoms with E-state index in [1.54, 1.807) is 36.4 Å². The quantitative estimate of drug-likeness (QED) is 0.787. The van der Waals surface area contributed by atoms with Crippen LogP contribution in [0.5, 0.6) is 5.75 Å². The van der Waals surface area contributed by atoms with E-state index >= 15 is 0 Å². The molecule has 7 heteroatoms. The molecule has 0 spiro atoms. The summed E-state index contributed by atoms with van der Waals surface area (Å²) in [6, 6.07) is 14.5. The minimum Gasteiger partial charge on any atom is -0.494 e. The van der Waals surface area contributed by atoms with E-state index in [1.807, 2.05) is 6.07 Å². The average Bonchev–Trinajstić information content (AvgIpc) is 2.93. The lowest BCUT2D eigenvalue weighted by Crippen LogP contribution is -2.31. The molecule has 0 radical (unpaired) electrons. The molecule has 136 valence electrons. The molecule has 1 aliphatic heterocycles. The summed E-state index contributed by atoms with van der Waals surface area (Å²) < 4.78 is 28.7. The van der Waals surface area contributed by atoms with Crippen molar-refractivity contribution in [2.45, 2.75) is 30.7 Å². The van der Waals surface area contributed by atoms with Gasteiger partial charge in [0.05, 0.1) is 23.1 Å². The first kappa shape index (κ1) is 18.2. The largest absolute Gasteiger partial charge is 0.494 e. The number of nitrogens with zero attached hydrogens (tertiary/aromatic N) is 2. The standard InChI is InChI=1S/C19H21N3O3S/c1-14-11-16-12-18(26(21,23)24)7-8-19(16)22(14)9-2-10-25-17-5-3-15(13-20)4-6-17/h3-8,12,14H,2,9-11H2,1H3,(H2,21,23,24)/t14-/m0/s1. The predicted octanol–water partition coefficient (Wildman–Crippen LogP) is 2.43. The van der Waals surface area contributed by atoms with Crippen LogP contribution in [-0.2, 0) is 16.4 Å². The zero-order chi connectivity index (χ0) is 18.7. The Balaban J connectivity index is 1.58. The van der Waals surface area contributed by atoms with Gasteiger partial charge >= 0.3 is 0 Å². The van der Waals surface area contributed by atoms with Crippen molar-refractivity contribution in [2.75, 3.05) is 18.1 Å². The van der Waals surface area contributed by atoms with E-state index in [-0.39, 0.29) is 4.90 Å². The van der Waals surface area contributed by atoms with Gasteiger partial charge < -0.3 is 9.64 Å². The maximum atomic E-state index is 11.5. The molecule has 3 rings (SSSR count). The monoisotopic (exact) mass is 371 g/mol. The fourth-order valence-corrected chi connectivity index (χ4v) is 3.80. The van der Waals surface area contributed by atoms with Crippen molar-refractivity contribution in [1.29, 1.82) is 5.26 Å². The molecule has 2 aromatic rings. The van der Waals surface area contributed by atoms with Gasteiger partial charge in [-0.1, -0.05) is 0 Å². The number of benzene rings is 2. The number of ether oxygens (including phenoxy) is 1. The van der Waals surface area contributed by atoms with Crippen LogP contribution in [0.25, 0.3) is 0 Å². The number of nitriles is 1. The fourth-order valence-electron chi connectivity index (χ4n) is 3.24. The maximum absolute atomic E-state index is 11.5. The lowest BCUT2D eigenvalue weighted by molar-refractivity contribution is 0.311. The van der Waals surface area contributed by atoms with Gasteiger partial charge in [-0.25, -0.2) is 13.6 Å². The predicted molar refractivity (Wildman–Crippen MR) is 99.6 cm³/mol. The first-order valence-corrected chi connectivity index (χ1v) is 9.98. The second-order valence-electron chi connectivity index (χ2n) is 6.42. The van der Waals surface area contributed by atoms with Gasteiger partial charge in [-0.2, -0.15) is 5.26 Å². The van der Waals surface area contributed by atoms with E-state index in [0.29, 0.717) is 18.2 Å². The van der Waals surface area contributed by atoms with E-state index in [2.05, 4.69) is 17.9 Å². The molecular weight excluding hydrogens is 350 g/mol. The van der Waals surface area contributed by atoms with Crippen molar-refractivity contribution >= 4 is 15.7 Å². The minimum absolute atomic E-state index is 0.162. The molecule has 0 fully saturated rings. The number of hydrogen-bond acceptors (Lipinski definition) is 5. The number of hydrogen-bond donors (Lipinski definition) is 1. The van der Waals surface area contributed by atoms with Gasteiger partial charge in [-0.3, -0.25) is 0 Å². The van der Waals surface area contributed by atoms with Crippen LogP contribution >= 0.6 is 0 Å². The molecule has 0 bridgehead atoms. The van der Waals surface area contributed by atoms with E-state index in [9.17, 15) is 8.42 Å². The Morgan fingerprint density at radius 3 is 2.65 bits per heavy atom. The van der Waals surface area contributed by atoms with E-state index < -0.39 is 10.0 Å². The summed E-state index contributed by atoms with van der Waals surface area (Å²) in [6.45, 7) is 3.51. The summed E-state index contributed by atoms with van der Waals surface area (Å²) >= 11 is 0. The first-order valence-electron chi connectivity index (χ1n) is 8.44. The third kappa shape index (κ3) is 3.98. The van der Waals surface area contributed by atoms with Gasteiger partial charge in [0.1, 0.15) is 5.75 Å². The summed E-state index contributed by atoms with van der Waals surface area (Å²) in [5.41, 5.74) is 2.68. The highest BCUT2D eigenvalue weighted by atomic mass is 32.2. The Morgan fingerprint density at radius 1 is 1.27 bits per heavy atom. The lowest BCUT2D eigenvalue weighted by Gasteiger charge is -2.25. The van der Waals surface area contributed by atoms with E-state index in [0.717, 1.165) is 36.4 Å². The van der Waals surface area contributed by atoms with E-state index in [4.69, 9.17) is 15.1 Å². The van der Waals surface area contributed by atoms with Crippen LogP contribution in [0.15, 0.2) is 47.4 Å². The van der Waals surface area contributed by atoms with Gasteiger partial charge in [0.2, 0.25) is 10.0 Å². The molecule has 0 aliphatic carbocycles. The smallest absolute Gasteiger partial charge is 0.238 e. The number of rotatable bonds is 6. The van der Waals surface area contributed by atoms with Gasteiger partial charge in [-0.05, 0) is 67.8 Å². The van der Waals surface area contributed by atoms with Gasteiger partial charge in [0.25, 0.3) is 0 Å². The highest BCUT2D eigenvalue weighted by Crippen LogP contribution is 2.33. The van der Waals surface area contributed by atoms with Crippen LogP contribution < -0.4 is 14.8 Å². The minimum atomic E-state index is -3.67. The Kier molecular flexibility index (Phi) is 5.16. The molecule has 6 nitrogen and oxygen atoms in total. The molecule has 0 aromatic heterocycles. The van der Waals surface area contributed by atoms with Gasteiger partial charge in [0, 0.05) is 18.3 Å². The Bertz CT molecular complexity index is 933. The van der Waals surface area contributed by atoms with Crippen LogP contribution in [-0.4, -0.2) is 27.6 Å². The Hall–Kier alpha value is -2.56. The summed E-state index contributed by atoms with van der Waals surface area (Å²) in [7, 11) is -3.67. The summed E-state index contributed by atoms with van der Waals surface area (Å²) in [4.78, 5) is 2.43. The average molecular weight is 371 g/mol. The zero-order valence-corrected chi connectivity index (χ0v) is 15.4. The van der Waals surface area contributed by atoms with Crippen LogP contribution in [0.4, 0.5) is 5.69 Å². The molecule has 1 heterocycles. The Morgan fingerprint density at radius 2 is 2.00 bits per heavy atom. The number of anilines is 1. The molecular formula is C19H21N3O3S. The lowest BCUT2D eigenvalue weighted by atomic mass is 10.1. The molecule has 0 amide bonds. The third-order valence-electron chi connectivity index (χ3n) is 4.53. The molecule has 0 unspecified atom stereocenters. The van der Waals surface area contributed by atoms with Crippen molar-refractivity contribution in [3.05, 3.63) is 53.6 Å². The van der Waals surface area contributed by atoms with Crippen LogP contribution in [0.3, 0.4) is 0 Å². The molecule has 26 heavy (non-hydrogen) atoms. The normalized spacial score (nSPS) is 16.2. The molecule has 1 aliphatic rings. The van der Waals surface area contributed by atoms with Gasteiger partial charge in [-0.15, -0.1) is 0 Å². The molecule has 0 saturated heterocycles. The first-order chi connectivity index (χ1) is 12.4. The summed E-state index contributed by atoms with van der Waals surface area (Å²) in [5.74, 6) is 0.747. The number of primary sulfonamides is 1. The molecule has 2 aromatic carbocycles. The van der Waals surface area contributed by atoms with Crippen molar-refractivity contribution in [1.82, 2.24) is 0 Å². The molecule has 0 saturated carbocycles. The van der Waals surface area contributed by atoms with Crippen molar-refractivity contribution < 1.29 is 13.2 Å². The highest BCUT2D eigenvalue weighted by Gasteiger charge is 2.26. The molecule has 2 N–H and O–H groups in total. The Labute approximate surface area is 153 Å².